The minimum Gasteiger partial charge on any atom is -0.508 e. The molecule has 5 rings (SSSR count). The second-order valence-corrected chi connectivity index (χ2v) is 9.32. The maximum Gasteiger partial charge on any atom is 0.423 e. The van der Waals surface area contributed by atoms with Crippen LogP contribution in [0.15, 0.2) is 52.6 Å². The lowest BCUT2D eigenvalue weighted by Crippen LogP contribution is -2.40. The molecule has 4 atom stereocenters. The summed E-state index contributed by atoms with van der Waals surface area (Å²) in [5.74, 6) is -4.89. The second kappa shape index (κ2) is 7.77. The van der Waals surface area contributed by atoms with Gasteiger partial charge >= 0.3 is 6.09 Å². The highest BCUT2D eigenvalue weighted by Gasteiger charge is 2.58. The van der Waals surface area contributed by atoms with Crippen LogP contribution in [0.3, 0.4) is 0 Å². The zero-order chi connectivity index (χ0) is 24.5. The minimum atomic E-state index is -1.04. The Balaban J connectivity index is 1.69. The third-order valence-corrected chi connectivity index (χ3v) is 7.54. The van der Waals surface area contributed by atoms with Crippen LogP contribution in [-0.2, 0) is 23.9 Å². The van der Waals surface area contributed by atoms with Crippen molar-refractivity contribution in [3.8, 4) is 5.75 Å². The Labute approximate surface area is 199 Å². The van der Waals surface area contributed by atoms with E-state index in [1.54, 1.807) is 13.0 Å². The first-order valence-corrected chi connectivity index (χ1v) is 11.2. The van der Waals surface area contributed by atoms with Crippen LogP contribution >= 0.6 is 11.6 Å². The number of Topliss-reactive ketones (excluding diaryl/α,β-unsaturated/α-hetero) is 1. The summed E-state index contributed by atoms with van der Waals surface area (Å²) in [4.78, 5) is 65.2. The number of fused-ring (bicyclic) bond motifs is 3. The third kappa shape index (κ3) is 3.01. The van der Waals surface area contributed by atoms with Gasteiger partial charge in [0, 0.05) is 27.7 Å². The predicted molar refractivity (Wildman–Crippen MR) is 119 cm³/mol. The summed E-state index contributed by atoms with van der Waals surface area (Å²) in [7, 11) is 1.09. The summed E-state index contributed by atoms with van der Waals surface area (Å²) < 4.78 is 4.64. The lowest BCUT2D eigenvalue weighted by Gasteiger charge is -2.42. The highest BCUT2D eigenvalue weighted by atomic mass is 35.5. The molecule has 0 aromatic heterocycles. The number of ketones is 2. The van der Waals surface area contributed by atoms with E-state index in [0.717, 1.165) is 7.11 Å². The number of carbonyl (C=O) groups excluding carboxylic acids is 5. The van der Waals surface area contributed by atoms with E-state index in [1.807, 2.05) is 6.08 Å². The van der Waals surface area contributed by atoms with Gasteiger partial charge in [0.1, 0.15) is 5.75 Å². The number of rotatable bonds is 1. The van der Waals surface area contributed by atoms with Crippen LogP contribution in [-0.4, -0.2) is 46.6 Å². The Morgan fingerprint density at radius 3 is 2.56 bits per heavy atom. The Bertz CT molecular complexity index is 1300. The first kappa shape index (κ1) is 22.3. The highest BCUT2D eigenvalue weighted by molar-refractivity contribution is 6.32. The summed E-state index contributed by atoms with van der Waals surface area (Å²) in [6, 6.07) is 4.39. The standard InChI is InChI=1S/C25H20ClNO7/c1-10-7-18(29)21-16(22(10)30)9-15-12(19(21)13-4-3-11(28)8-17(13)26)5-6-14-20(15)24(32)27(23(14)31)25(33)34-2/h3-5,7-8,14-15,19-20,28H,6,9H2,1-2H3. The Hall–Kier alpha value is -3.52. The smallest absolute Gasteiger partial charge is 0.423 e. The number of aromatic hydroxyl groups is 1. The zero-order valence-corrected chi connectivity index (χ0v) is 19.1. The highest BCUT2D eigenvalue weighted by Crippen LogP contribution is 2.55. The molecule has 1 N–H and O–H groups in total. The number of amides is 3. The molecule has 0 spiro atoms. The number of likely N-dealkylation sites (tertiary alicyclic amines) is 1. The van der Waals surface area contributed by atoms with Gasteiger partial charge < -0.3 is 9.84 Å². The van der Waals surface area contributed by atoms with Crippen LogP contribution in [0.2, 0.25) is 5.02 Å². The van der Waals surface area contributed by atoms with E-state index < -0.39 is 41.6 Å². The molecule has 1 fully saturated rings. The molecule has 3 aliphatic carbocycles. The van der Waals surface area contributed by atoms with E-state index in [0.29, 0.717) is 32.8 Å². The summed E-state index contributed by atoms with van der Waals surface area (Å²) in [5.41, 5.74) is 2.10. The summed E-state index contributed by atoms with van der Waals surface area (Å²) in [5, 5.41) is 10.1. The summed E-state index contributed by atoms with van der Waals surface area (Å²) in [6.07, 6.45) is 2.37. The van der Waals surface area contributed by atoms with Crippen molar-refractivity contribution in [2.24, 2.45) is 17.8 Å². The molecule has 1 saturated heterocycles. The number of hydrogen-bond acceptors (Lipinski definition) is 7. The fourth-order valence-electron chi connectivity index (χ4n) is 5.76. The lowest BCUT2D eigenvalue weighted by molar-refractivity contribution is -0.137. The maximum absolute atomic E-state index is 13.3. The molecule has 1 aromatic carbocycles. The van der Waals surface area contributed by atoms with E-state index in [1.165, 1.54) is 18.2 Å². The molecular formula is C25H20ClNO7. The number of phenolic OH excluding ortho intramolecular Hbond substituents is 1. The number of halogens is 1. The fourth-order valence-corrected chi connectivity index (χ4v) is 6.04. The second-order valence-electron chi connectivity index (χ2n) is 8.92. The van der Waals surface area contributed by atoms with Crippen LogP contribution in [0.1, 0.15) is 31.2 Å². The average molecular weight is 482 g/mol. The number of benzene rings is 1. The van der Waals surface area contributed by atoms with Crippen molar-refractivity contribution in [2.75, 3.05) is 7.11 Å². The molecule has 0 saturated carbocycles. The Kier molecular flexibility index (Phi) is 5.09. The zero-order valence-electron chi connectivity index (χ0n) is 18.3. The van der Waals surface area contributed by atoms with Crippen molar-refractivity contribution in [1.82, 2.24) is 4.90 Å². The van der Waals surface area contributed by atoms with Gasteiger partial charge in [0.05, 0.1) is 18.9 Å². The van der Waals surface area contributed by atoms with E-state index in [4.69, 9.17) is 11.6 Å². The van der Waals surface area contributed by atoms with Crippen LogP contribution in [0.5, 0.6) is 5.75 Å². The summed E-state index contributed by atoms with van der Waals surface area (Å²) in [6.45, 7) is 1.56. The molecule has 0 bridgehead atoms. The van der Waals surface area contributed by atoms with Gasteiger partial charge in [0.25, 0.3) is 0 Å². The fraction of sp³-hybridized carbons (Fsp3) is 0.320. The van der Waals surface area contributed by atoms with Crippen molar-refractivity contribution >= 4 is 41.1 Å². The molecule has 174 valence electrons. The van der Waals surface area contributed by atoms with E-state index in [9.17, 15) is 29.1 Å². The number of imide groups is 3. The van der Waals surface area contributed by atoms with Gasteiger partial charge in [0.15, 0.2) is 11.6 Å². The number of ether oxygens (including phenoxy) is 1. The van der Waals surface area contributed by atoms with Gasteiger partial charge in [-0.3, -0.25) is 19.2 Å². The first-order valence-electron chi connectivity index (χ1n) is 10.8. The lowest BCUT2D eigenvalue weighted by atomic mass is 9.59. The van der Waals surface area contributed by atoms with Crippen molar-refractivity contribution in [2.45, 2.75) is 25.7 Å². The van der Waals surface area contributed by atoms with Crippen LogP contribution in [0.4, 0.5) is 4.79 Å². The molecule has 1 heterocycles. The number of carbonyl (C=O) groups is 5. The van der Waals surface area contributed by atoms with E-state index in [2.05, 4.69) is 4.74 Å². The molecular weight excluding hydrogens is 462 g/mol. The van der Waals surface area contributed by atoms with Gasteiger partial charge in [-0.05, 0) is 49.5 Å². The number of allylic oxidation sites excluding steroid dienone is 6. The van der Waals surface area contributed by atoms with Crippen molar-refractivity contribution in [3.05, 3.63) is 63.2 Å². The quantitative estimate of drug-likeness (QED) is 0.371. The Morgan fingerprint density at radius 1 is 1.15 bits per heavy atom. The number of methoxy groups -OCH3 is 1. The SMILES string of the molecule is COC(=O)N1C(=O)C2CC=C3C(c4ccc(O)cc4Cl)C4=C(CC3C2C1=O)C(=O)C(C)=CC4=O. The molecule has 34 heavy (non-hydrogen) atoms. The monoisotopic (exact) mass is 481 g/mol. The number of phenols is 1. The van der Waals surface area contributed by atoms with Crippen LogP contribution in [0.25, 0.3) is 0 Å². The first-order chi connectivity index (χ1) is 16.1. The van der Waals surface area contributed by atoms with Crippen molar-refractivity contribution < 1.29 is 33.8 Å². The summed E-state index contributed by atoms with van der Waals surface area (Å²) >= 11 is 6.47. The normalized spacial score (nSPS) is 28.3. The Morgan fingerprint density at radius 2 is 1.88 bits per heavy atom. The molecule has 1 aromatic rings. The molecule has 3 amide bonds. The third-order valence-electron chi connectivity index (χ3n) is 7.21. The largest absolute Gasteiger partial charge is 0.508 e. The van der Waals surface area contributed by atoms with Crippen LogP contribution in [0, 0.1) is 17.8 Å². The molecule has 9 heteroatoms. The van der Waals surface area contributed by atoms with E-state index in [-0.39, 0.29) is 35.2 Å². The van der Waals surface area contributed by atoms with Gasteiger partial charge in [-0.15, -0.1) is 0 Å². The number of nitrogens with zero attached hydrogens (tertiary/aromatic N) is 1. The van der Waals surface area contributed by atoms with Gasteiger partial charge in [0.2, 0.25) is 11.8 Å². The van der Waals surface area contributed by atoms with E-state index >= 15 is 0 Å². The molecule has 1 aliphatic heterocycles. The maximum atomic E-state index is 13.3. The molecule has 4 aliphatic rings. The van der Waals surface area contributed by atoms with Gasteiger partial charge in [-0.25, -0.2) is 4.79 Å². The number of hydrogen-bond donors (Lipinski definition) is 1. The molecule has 4 unspecified atom stereocenters. The minimum absolute atomic E-state index is 0.0555. The van der Waals surface area contributed by atoms with Crippen LogP contribution < -0.4 is 0 Å². The van der Waals surface area contributed by atoms with Gasteiger partial charge in [-0.2, -0.15) is 4.90 Å². The molecule has 0 radical (unpaired) electrons. The average Bonchev–Trinajstić information content (AvgIpc) is 3.06. The molecule has 8 nitrogen and oxygen atoms in total. The van der Waals surface area contributed by atoms with Gasteiger partial charge in [-0.1, -0.05) is 29.3 Å². The van der Waals surface area contributed by atoms with Crippen molar-refractivity contribution in [3.63, 3.8) is 0 Å². The van der Waals surface area contributed by atoms with Crippen molar-refractivity contribution in [1.29, 1.82) is 0 Å². The predicted octanol–water partition coefficient (Wildman–Crippen LogP) is 3.24. The topological polar surface area (TPSA) is 118 Å².